The number of methoxy groups -OCH3 is 2. The van der Waals surface area contributed by atoms with Crippen LogP contribution in [0.3, 0.4) is 0 Å². The molecule has 1 aliphatic rings. The molecule has 2 atom stereocenters. The molecule has 0 radical (unpaired) electrons. The van der Waals surface area contributed by atoms with Gasteiger partial charge in [0, 0.05) is 25.7 Å². The average Bonchev–Trinajstić information content (AvgIpc) is 2.38. The number of ketones is 1. The van der Waals surface area contributed by atoms with E-state index in [4.69, 9.17) is 14.2 Å². The van der Waals surface area contributed by atoms with Crippen molar-refractivity contribution in [3.63, 3.8) is 0 Å². The molecule has 0 saturated heterocycles. The summed E-state index contributed by atoms with van der Waals surface area (Å²) in [6.07, 6.45) is -0.971. The van der Waals surface area contributed by atoms with Gasteiger partial charge in [-0.3, -0.25) is 14.9 Å². The molecule has 1 fully saturated rings. The summed E-state index contributed by atoms with van der Waals surface area (Å²) in [6.45, 7) is 0. The van der Waals surface area contributed by atoms with E-state index in [2.05, 4.69) is 0 Å². The average molecular weight is 267 g/mol. The Hall–Kier alpha value is -2.15. The first-order valence-electron chi connectivity index (χ1n) is 5.61. The summed E-state index contributed by atoms with van der Waals surface area (Å²) in [6, 6.07) is 4.20. The van der Waals surface area contributed by atoms with Gasteiger partial charge in [-0.15, -0.1) is 0 Å². The number of nitro benzene ring substituents is 1. The van der Waals surface area contributed by atoms with Crippen molar-refractivity contribution in [1.82, 2.24) is 0 Å². The summed E-state index contributed by atoms with van der Waals surface area (Å²) in [5.41, 5.74) is -0.171. The maximum Gasteiger partial charge on any atom is 0.311 e. The predicted molar refractivity (Wildman–Crippen MR) is 64.5 cm³/mol. The third-order valence-corrected chi connectivity index (χ3v) is 2.95. The SMILES string of the molecule is COc1ccc([N+](=O)[O-])c(OC2CC(=O)C2OC)c1. The van der Waals surface area contributed by atoms with E-state index in [1.165, 1.54) is 32.4 Å². The second kappa shape index (κ2) is 5.23. The number of Topliss-reactive ketones (excluding diaryl/α,β-unsaturated/α-hetero) is 1. The minimum atomic E-state index is -0.661. The Morgan fingerprint density at radius 1 is 1.37 bits per heavy atom. The highest BCUT2D eigenvalue weighted by Crippen LogP contribution is 2.34. The van der Waals surface area contributed by atoms with Crippen molar-refractivity contribution >= 4 is 11.5 Å². The van der Waals surface area contributed by atoms with Crippen LogP contribution in [-0.2, 0) is 9.53 Å². The first kappa shape index (κ1) is 13.3. The van der Waals surface area contributed by atoms with Gasteiger partial charge in [-0.25, -0.2) is 0 Å². The number of hydrogen-bond donors (Lipinski definition) is 0. The van der Waals surface area contributed by atoms with Crippen molar-refractivity contribution in [3.8, 4) is 11.5 Å². The quantitative estimate of drug-likeness (QED) is 0.591. The third kappa shape index (κ3) is 2.50. The number of benzene rings is 1. The van der Waals surface area contributed by atoms with E-state index in [1.54, 1.807) is 0 Å². The lowest BCUT2D eigenvalue weighted by atomic mass is 9.90. The highest BCUT2D eigenvalue weighted by molar-refractivity contribution is 5.90. The summed E-state index contributed by atoms with van der Waals surface area (Å²) in [4.78, 5) is 21.6. The molecule has 7 heteroatoms. The molecular weight excluding hydrogens is 254 g/mol. The van der Waals surface area contributed by atoms with Crippen molar-refractivity contribution in [2.45, 2.75) is 18.6 Å². The molecule has 1 aromatic carbocycles. The Labute approximate surface area is 109 Å². The van der Waals surface area contributed by atoms with Crippen LogP contribution in [0, 0.1) is 10.1 Å². The van der Waals surface area contributed by atoms with Gasteiger partial charge >= 0.3 is 5.69 Å². The zero-order chi connectivity index (χ0) is 14.0. The zero-order valence-corrected chi connectivity index (χ0v) is 10.5. The topological polar surface area (TPSA) is 87.9 Å². The molecule has 7 nitrogen and oxygen atoms in total. The van der Waals surface area contributed by atoms with Crippen molar-refractivity contribution in [2.75, 3.05) is 14.2 Å². The molecule has 102 valence electrons. The maximum absolute atomic E-state index is 11.2. The normalized spacial score (nSPS) is 21.7. The maximum atomic E-state index is 11.2. The monoisotopic (exact) mass is 267 g/mol. The van der Waals surface area contributed by atoms with E-state index in [-0.39, 0.29) is 23.6 Å². The number of nitrogens with zero attached hydrogens (tertiary/aromatic N) is 1. The largest absolute Gasteiger partial charge is 0.497 e. The molecule has 0 aliphatic heterocycles. The summed E-state index contributed by atoms with van der Waals surface area (Å²) in [7, 11) is 2.86. The molecule has 0 amide bonds. The van der Waals surface area contributed by atoms with Crippen LogP contribution in [0.2, 0.25) is 0 Å². The first-order chi connectivity index (χ1) is 9.06. The van der Waals surface area contributed by atoms with Gasteiger partial charge in [-0.05, 0) is 6.07 Å². The molecule has 0 bridgehead atoms. The van der Waals surface area contributed by atoms with Crippen molar-refractivity contribution in [1.29, 1.82) is 0 Å². The number of rotatable bonds is 5. The molecular formula is C12H13NO6. The smallest absolute Gasteiger partial charge is 0.311 e. The van der Waals surface area contributed by atoms with E-state index in [1.807, 2.05) is 0 Å². The fourth-order valence-electron chi connectivity index (χ4n) is 1.88. The lowest BCUT2D eigenvalue weighted by Gasteiger charge is -2.33. The second-order valence-corrected chi connectivity index (χ2v) is 4.07. The zero-order valence-electron chi connectivity index (χ0n) is 10.5. The van der Waals surface area contributed by atoms with E-state index in [0.29, 0.717) is 5.75 Å². The Balaban J connectivity index is 2.23. The van der Waals surface area contributed by atoms with Gasteiger partial charge in [-0.1, -0.05) is 0 Å². The molecule has 19 heavy (non-hydrogen) atoms. The Morgan fingerprint density at radius 2 is 2.11 bits per heavy atom. The second-order valence-electron chi connectivity index (χ2n) is 4.07. The minimum absolute atomic E-state index is 0.0713. The molecule has 0 N–H and O–H groups in total. The van der Waals surface area contributed by atoms with Gasteiger partial charge < -0.3 is 14.2 Å². The lowest BCUT2D eigenvalue weighted by Crippen LogP contribution is -2.51. The van der Waals surface area contributed by atoms with Crippen LogP contribution in [0.25, 0.3) is 0 Å². The molecule has 1 aromatic rings. The standard InChI is InChI=1S/C12H13NO6/c1-17-7-3-4-8(13(15)16)10(5-7)19-11-6-9(14)12(11)18-2/h3-5,11-12H,6H2,1-2H3. The molecule has 2 unspecified atom stereocenters. The number of ether oxygens (including phenoxy) is 3. The van der Waals surface area contributed by atoms with Crippen LogP contribution in [-0.4, -0.2) is 37.1 Å². The number of hydrogen-bond acceptors (Lipinski definition) is 6. The highest BCUT2D eigenvalue weighted by atomic mass is 16.6. The van der Waals surface area contributed by atoms with Crippen molar-refractivity contribution < 1.29 is 23.9 Å². The van der Waals surface area contributed by atoms with Crippen molar-refractivity contribution in [3.05, 3.63) is 28.3 Å². The fraction of sp³-hybridized carbons (Fsp3) is 0.417. The Morgan fingerprint density at radius 3 is 2.63 bits per heavy atom. The lowest BCUT2D eigenvalue weighted by molar-refractivity contribution is -0.386. The van der Waals surface area contributed by atoms with E-state index < -0.39 is 17.1 Å². The van der Waals surface area contributed by atoms with Crippen LogP contribution in [0.1, 0.15) is 6.42 Å². The van der Waals surface area contributed by atoms with Crippen molar-refractivity contribution in [2.24, 2.45) is 0 Å². The Kier molecular flexibility index (Phi) is 3.66. The van der Waals surface area contributed by atoms with Crippen LogP contribution in [0.5, 0.6) is 11.5 Å². The van der Waals surface area contributed by atoms with Gasteiger partial charge in [-0.2, -0.15) is 0 Å². The van der Waals surface area contributed by atoms with Gasteiger partial charge in [0.1, 0.15) is 11.9 Å². The summed E-state index contributed by atoms with van der Waals surface area (Å²) in [5, 5.41) is 10.9. The Bertz CT molecular complexity index is 515. The highest BCUT2D eigenvalue weighted by Gasteiger charge is 2.42. The minimum Gasteiger partial charge on any atom is -0.497 e. The van der Waals surface area contributed by atoms with E-state index in [9.17, 15) is 14.9 Å². The first-order valence-corrected chi connectivity index (χ1v) is 5.61. The van der Waals surface area contributed by atoms with Crippen LogP contribution < -0.4 is 9.47 Å². The summed E-state index contributed by atoms with van der Waals surface area (Å²) >= 11 is 0. The molecule has 0 aromatic heterocycles. The fourth-order valence-corrected chi connectivity index (χ4v) is 1.88. The van der Waals surface area contributed by atoms with Gasteiger partial charge in [0.05, 0.1) is 12.0 Å². The van der Waals surface area contributed by atoms with E-state index in [0.717, 1.165) is 0 Å². The number of carbonyl (C=O) groups excluding carboxylic acids is 1. The predicted octanol–water partition coefficient (Wildman–Crippen LogP) is 1.34. The van der Waals surface area contributed by atoms with E-state index >= 15 is 0 Å². The third-order valence-electron chi connectivity index (χ3n) is 2.95. The van der Waals surface area contributed by atoms with Crippen LogP contribution in [0.15, 0.2) is 18.2 Å². The molecule has 2 rings (SSSR count). The molecule has 0 heterocycles. The molecule has 1 saturated carbocycles. The number of carbonyl (C=O) groups is 1. The molecule has 1 aliphatic carbocycles. The summed E-state index contributed by atoms with van der Waals surface area (Å²) in [5.74, 6) is 0.446. The van der Waals surface area contributed by atoms with Gasteiger partial charge in [0.15, 0.2) is 11.9 Å². The van der Waals surface area contributed by atoms with Crippen LogP contribution in [0.4, 0.5) is 5.69 Å². The number of nitro groups is 1. The van der Waals surface area contributed by atoms with Crippen LogP contribution >= 0.6 is 0 Å². The molecule has 0 spiro atoms. The van der Waals surface area contributed by atoms with Gasteiger partial charge in [0.25, 0.3) is 0 Å². The van der Waals surface area contributed by atoms with Gasteiger partial charge in [0.2, 0.25) is 5.75 Å². The summed E-state index contributed by atoms with van der Waals surface area (Å²) < 4.78 is 15.5.